The number of aromatic nitrogens is 2. The van der Waals surface area contributed by atoms with Crippen molar-refractivity contribution in [2.24, 2.45) is 0 Å². The Morgan fingerprint density at radius 3 is 1.85 bits per heavy atom. The minimum Gasteiger partial charge on any atom is -0.457 e. The minimum atomic E-state index is -0.0494. The van der Waals surface area contributed by atoms with Crippen molar-refractivity contribution < 1.29 is 9.15 Å². The number of anilines is 4. The standard InChI is InChI=1S/C62H58N4O2/c1-60(2,3)42-31-32-63-56(36-42)66-54-38-47(29-30-50(54)59-58(66)51-23-13-16-28-55(51)68-59)67-46-22-17-21-45(37-46)64-39-65(53-27-15-14-26-52(53)64)57-48(40-19-11-10-12-20-40)24-18-25-49(57)41-33-43(61(4,5)6)35-44(34-41)62(7,8)9/h10-38H,39H2,1-9H3. The molecule has 0 radical (unpaired) electrons. The lowest BCUT2D eigenvalue weighted by molar-refractivity contribution is 0.483. The molecule has 7 aromatic carbocycles. The number of fused-ring (bicyclic) bond motifs is 6. The van der Waals surface area contributed by atoms with Gasteiger partial charge in [0.05, 0.1) is 22.6 Å². The maximum Gasteiger partial charge on any atom is 0.161 e. The van der Waals surface area contributed by atoms with Crippen LogP contribution in [0.3, 0.4) is 0 Å². The molecule has 338 valence electrons. The Kier molecular flexibility index (Phi) is 10.2. The molecule has 0 N–H and O–H groups in total. The van der Waals surface area contributed by atoms with Crippen LogP contribution >= 0.6 is 0 Å². The minimum absolute atomic E-state index is 0.0244. The first-order chi connectivity index (χ1) is 32.6. The molecule has 0 spiro atoms. The summed E-state index contributed by atoms with van der Waals surface area (Å²) in [5.74, 6) is 2.32. The molecule has 6 heteroatoms. The van der Waals surface area contributed by atoms with Crippen LogP contribution in [0, 0.1) is 0 Å². The molecule has 1 aliphatic heterocycles. The Balaban J connectivity index is 1.00. The number of pyridine rings is 1. The molecule has 4 heterocycles. The Hall–Kier alpha value is -7.57. The SMILES string of the molecule is CC(C)(C)c1cc(-c2cccc(-c3ccccc3)c2N2CN(c3cccc(Oc4ccc5c6oc7ccccc7c6n(-c6cc(C(C)(C)C)ccn6)c5c4)c3)c3ccccc32)cc(C(C)(C)C)c1. The summed E-state index contributed by atoms with van der Waals surface area (Å²) in [5.41, 5.74) is 16.7. The quantitative estimate of drug-likeness (QED) is 0.160. The van der Waals surface area contributed by atoms with Gasteiger partial charge in [0.2, 0.25) is 0 Å². The summed E-state index contributed by atoms with van der Waals surface area (Å²) in [6, 6.07) is 60.9. The van der Waals surface area contributed by atoms with Crippen LogP contribution in [-0.4, -0.2) is 16.2 Å². The second-order valence-corrected chi connectivity index (χ2v) is 21.4. The second kappa shape index (κ2) is 16.1. The fourth-order valence-electron chi connectivity index (χ4n) is 9.80. The van der Waals surface area contributed by atoms with Crippen molar-refractivity contribution in [3.05, 3.63) is 193 Å². The Bertz CT molecular complexity index is 3510. The van der Waals surface area contributed by atoms with Crippen LogP contribution in [0.5, 0.6) is 11.5 Å². The van der Waals surface area contributed by atoms with Gasteiger partial charge in [0.25, 0.3) is 0 Å². The molecule has 6 nitrogen and oxygen atoms in total. The number of hydrogen-bond acceptors (Lipinski definition) is 5. The van der Waals surface area contributed by atoms with Gasteiger partial charge in [-0.25, -0.2) is 4.98 Å². The van der Waals surface area contributed by atoms with E-state index in [2.05, 4.69) is 222 Å². The normalized spacial score (nSPS) is 13.2. The highest BCUT2D eigenvalue weighted by Gasteiger charge is 2.32. The molecular formula is C62H58N4O2. The molecule has 0 amide bonds. The van der Waals surface area contributed by atoms with Gasteiger partial charge in [0.15, 0.2) is 5.58 Å². The van der Waals surface area contributed by atoms with E-state index in [1.54, 1.807) is 0 Å². The fourth-order valence-corrected chi connectivity index (χ4v) is 9.80. The predicted molar refractivity (Wildman–Crippen MR) is 284 cm³/mol. The first kappa shape index (κ1) is 43.0. The summed E-state index contributed by atoms with van der Waals surface area (Å²) in [6.07, 6.45) is 1.91. The summed E-state index contributed by atoms with van der Waals surface area (Å²) in [4.78, 5) is 9.85. The number of furan rings is 1. The molecule has 68 heavy (non-hydrogen) atoms. The lowest BCUT2D eigenvalue weighted by Crippen LogP contribution is -2.25. The molecule has 0 atom stereocenters. The molecular weight excluding hydrogens is 833 g/mol. The van der Waals surface area contributed by atoms with Crippen molar-refractivity contribution in [3.63, 3.8) is 0 Å². The zero-order valence-corrected chi connectivity index (χ0v) is 40.6. The summed E-state index contributed by atoms with van der Waals surface area (Å²) in [7, 11) is 0. The molecule has 0 fully saturated rings. The van der Waals surface area contributed by atoms with Gasteiger partial charge in [-0.05, 0) is 105 Å². The molecule has 3 aromatic heterocycles. The van der Waals surface area contributed by atoms with Crippen LogP contribution in [0.2, 0.25) is 0 Å². The third-order valence-corrected chi connectivity index (χ3v) is 13.6. The van der Waals surface area contributed by atoms with Crippen molar-refractivity contribution in [2.45, 2.75) is 78.6 Å². The van der Waals surface area contributed by atoms with Crippen molar-refractivity contribution in [3.8, 4) is 39.6 Å². The smallest absolute Gasteiger partial charge is 0.161 e. The average molecular weight is 891 g/mol. The average Bonchev–Trinajstić information content (AvgIpc) is 4.00. The fraction of sp³-hybridized carbons (Fsp3) is 0.210. The molecule has 1 aliphatic rings. The van der Waals surface area contributed by atoms with Crippen LogP contribution < -0.4 is 14.5 Å². The van der Waals surface area contributed by atoms with Crippen molar-refractivity contribution in [1.29, 1.82) is 0 Å². The Morgan fingerprint density at radius 2 is 1.13 bits per heavy atom. The van der Waals surface area contributed by atoms with Gasteiger partial charge < -0.3 is 19.0 Å². The number of para-hydroxylation sites is 4. The van der Waals surface area contributed by atoms with Gasteiger partial charge in [0.1, 0.15) is 35.1 Å². The van der Waals surface area contributed by atoms with Gasteiger partial charge in [0, 0.05) is 45.9 Å². The number of benzene rings is 7. The van der Waals surface area contributed by atoms with Crippen LogP contribution in [0.1, 0.15) is 79.0 Å². The zero-order valence-electron chi connectivity index (χ0n) is 40.6. The number of nitrogens with zero attached hydrogens (tertiary/aromatic N) is 4. The maximum atomic E-state index is 6.84. The third-order valence-electron chi connectivity index (χ3n) is 13.6. The topological polar surface area (TPSA) is 46.7 Å². The lowest BCUT2D eigenvalue weighted by Gasteiger charge is -2.29. The van der Waals surface area contributed by atoms with E-state index in [1.165, 1.54) is 44.6 Å². The van der Waals surface area contributed by atoms with Gasteiger partial charge in [-0.2, -0.15) is 0 Å². The second-order valence-electron chi connectivity index (χ2n) is 21.4. The molecule has 10 aromatic rings. The van der Waals surface area contributed by atoms with E-state index < -0.39 is 0 Å². The van der Waals surface area contributed by atoms with Gasteiger partial charge in [-0.1, -0.05) is 159 Å². The van der Waals surface area contributed by atoms with Crippen LogP contribution in [0.4, 0.5) is 22.7 Å². The monoisotopic (exact) mass is 890 g/mol. The van der Waals surface area contributed by atoms with E-state index in [1.807, 2.05) is 30.5 Å². The zero-order chi connectivity index (χ0) is 47.1. The number of rotatable bonds is 7. The molecule has 0 saturated heterocycles. The maximum absolute atomic E-state index is 6.84. The van der Waals surface area contributed by atoms with E-state index in [4.69, 9.17) is 14.1 Å². The molecule has 0 saturated carbocycles. The van der Waals surface area contributed by atoms with Crippen LogP contribution in [-0.2, 0) is 16.2 Å². The van der Waals surface area contributed by atoms with E-state index in [9.17, 15) is 0 Å². The molecule has 11 rings (SSSR count). The van der Waals surface area contributed by atoms with Crippen LogP contribution in [0.15, 0.2) is 180 Å². The van der Waals surface area contributed by atoms with Gasteiger partial charge in [-0.15, -0.1) is 0 Å². The van der Waals surface area contributed by atoms with E-state index in [0.717, 1.165) is 67.4 Å². The number of ether oxygens (including phenoxy) is 1. The van der Waals surface area contributed by atoms with Crippen molar-refractivity contribution in [1.82, 2.24) is 9.55 Å². The number of hydrogen-bond donors (Lipinski definition) is 0. The summed E-state index contributed by atoms with van der Waals surface area (Å²) in [6.45, 7) is 21.2. The third kappa shape index (κ3) is 7.58. The molecule has 0 bridgehead atoms. The molecule has 0 aliphatic carbocycles. The predicted octanol–water partition coefficient (Wildman–Crippen LogP) is 17.2. The van der Waals surface area contributed by atoms with Crippen molar-refractivity contribution >= 4 is 55.7 Å². The summed E-state index contributed by atoms with van der Waals surface area (Å²) < 4.78 is 15.6. The first-order valence-electron chi connectivity index (χ1n) is 23.8. The van der Waals surface area contributed by atoms with E-state index >= 15 is 0 Å². The van der Waals surface area contributed by atoms with Crippen LogP contribution in [0.25, 0.3) is 61.0 Å². The lowest BCUT2D eigenvalue weighted by atomic mass is 9.78. The molecule has 0 unspecified atom stereocenters. The van der Waals surface area contributed by atoms with E-state index in [-0.39, 0.29) is 16.2 Å². The largest absolute Gasteiger partial charge is 0.457 e. The summed E-state index contributed by atoms with van der Waals surface area (Å²) >= 11 is 0. The highest BCUT2D eigenvalue weighted by atomic mass is 16.5. The first-order valence-corrected chi connectivity index (χ1v) is 23.8. The summed E-state index contributed by atoms with van der Waals surface area (Å²) in [5, 5.41) is 2.05. The highest BCUT2D eigenvalue weighted by Crippen LogP contribution is 2.51. The Labute approximate surface area is 400 Å². The van der Waals surface area contributed by atoms with Gasteiger partial charge in [-0.3, -0.25) is 4.57 Å². The highest BCUT2D eigenvalue weighted by molar-refractivity contribution is 6.16. The van der Waals surface area contributed by atoms with Crippen molar-refractivity contribution in [2.75, 3.05) is 16.5 Å². The van der Waals surface area contributed by atoms with E-state index in [0.29, 0.717) is 6.67 Å². The van der Waals surface area contributed by atoms with Gasteiger partial charge >= 0.3 is 0 Å². The Morgan fingerprint density at radius 1 is 0.500 bits per heavy atom.